The van der Waals surface area contributed by atoms with Crippen LogP contribution in [0.15, 0.2) is 49.1 Å². The standard InChI is InChI=1S/C30H35NO3/c1-3-16-33-30-13-7-10-26-29(30)14-15-31(22-11-12-22)25(30)18-23-20(2)17-24(28(34-26)27(23)29)32-19-21-8-5-4-6-9-21/h3-6,8-9,17,22,25-26H,1,7,10-16,18-19H2,2H3/t25-,26+,29-,30?/m1/s1. The Labute approximate surface area is 202 Å². The third-order valence-electron chi connectivity index (χ3n) is 9.41. The van der Waals surface area contributed by atoms with E-state index < -0.39 is 0 Å². The average molecular weight is 458 g/mol. The molecular formula is C30H35NO3. The van der Waals surface area contributed by atoms with Crippen molar-refractivity contribution < 1.29 is 14.2 Å². The minimum absolute atomic E-state index is 0.0793. The van der Waals surface area contributed by atoms with Gasteiger partial charge in [0.1, 0.15) is 12.7 Å². The largest absolute Gasteiger partial charge is 0.485 e. The number of aryl methyl sites for hydroxylation is 1. The molecule has 1 spiro atoms. The molecule has 4 nitrogen and oxygen atoms in total. The second kappa shape index (κ2) is 7.60. The Bertz CT molecular complexity index is 1130. The molecule has 1 unspecified atom stereocenters. The van der Waals surface area contributed by atoms with Gasteiger partial charge in [-0.2, -0.15) is 0 Å². The predicted octanol–water partition coefficient (Wildman–Crippen LogP) is 5.49. The van der Waals surface area contributed by atoms with Crippen molar-refractivity contribution in [2.24, 2.45) is 0 Å². The maximum atomic E-state index is 6.98. The molecule has 2 heterocycles. The third kappa shape index (κ3) is 2.73. The molecule has 0 amide bonds. The molecule has 0 N–H and O–H groups in total. The molecule has 0 aromatic heterocycles. The summed E-state index contributed by atoms with van der Waals surface area (Å²) >= 11 is 0. The fraction of sp³-hybridized carbons (Fsp3) is 0.533. The minimum atomic E-state index is -0.201. The smallest absolute Gasteiger partial charge is 0.165 e. The molecule has 178 valence electrons. The first-order valence-electron chi connectivity index (χ1n) is 13.2. The van der Waals surface area contributed by atoms with Gasteiger partial charge in [0.2, 0.25) is 0 Å². The highest BCUT2D eigenvalue weighted by Crippen LogP contribution is 2.67. The molecule has 3 aliphatic carbocycles. The molecule has 2 aromatic carbocycles. The van der Waals surface area contributed by atoms with E-state index in [1.165, 1.54) is 35.1 Å². The van der Waals surface area contributed by atoms with Crippen LogP contribution in [-0.2, 0) is 23.2 Å². The van der Waals surface area contributed by atoms with Crippen LogP contribution in [0.3, 0.4) is 0 Å². The summed E-state index contributed by atoms with van der Waals surface area (Å²) in [5.74, 6) is 1.91. The molecule has 2 bridgehead atoms. The van der Waals surface area contributed by atoms with Crippen LogP contribution in [0.2, 0.25) is 0 Å². The molecule has 3 fully saturated rings. The molecule has 0 radical (unpaired) electrons. The lowest BCUT2D eigenvalue weighted by molar-refractivity contribution is -0.211. The Kier molecular flexibility index (Phi) is 4.70. The summed E-state index contributed by atoms with van der Waals surface area (Å²) in [5.41, 5.74) is 5.17. The zero-order chi connectivity index (χ0) is 22.9. The lowest BCUT2D eigenvalue weighted by Crippen LogP contribution is -2.76. The summed E-state index contributed by atoms with van der Waals surface area (Å²) in [4.78, 5) is 2.82. The van der Waals surface area contributed by atoms with E-state index in [1.807, 2.05) is 12.1 Å². The van der Waals surface area contributed by atoms with E-state index in [-0.39, 0.29) is 17.1 Å². The van der Waals surface area contributed by atoms with Crippen LogP contribution in [0.5, 0.6) is 11.5 Å². The van der Waals surface area contributed by atoms with Gasteiger partial charge in [-0.15, -0.1) is 6.58 Å². The van der Waals surface area contributed by atoms with Gasteiger partial charge in [0, 0.05) is 17.6 Å². The summed E-state index contributed by atoms with van der Waals surface area (Å²) < 4.78 is 20.4. The van der Waals surface area contributed by atoms with Crippen molar-refractivity contribution in [1.82, 2.24) is 4.90 Å². The van der Waals surface area contributed by atoms with Crippen molar-refractivity contribution >= 4 is 0 Å². The monoisotopic (exact) mass is 457 g/mol. The number of hydrogen-bond acceptors (Lipinski definition) is 4. The van der Waals surface area contributed by atoms with Gasteiger partial charge < -0.3 is 14.2 Å². The number of rotatable bonds is 7. The summed E-state index contributed by atoms with van der Waals surface area (Å²) in [6, 6.07) is 13.8. The van der Waals surface area contributed by atoms with E-state index in [9.17, 15) is 0 Å². The van der Waals surface area contributed by atoms with Gasteiger partial charge in [-0.05, 0) is 81.2 Å². The van der Waals surface area contributed by atoms with Crippen LogP contribution in [0.1, 0.15) is 60.8 Å². The zero-order valence-electron chi connectivity index (χ0n) is 20.2. The zero-order valence-corrected chi connectivity index (χ0v) is 20.2. The molecule has 2 saturated carbocycles. The fourth-order valence-electron chi connectivity index (χ4n) is 7.98. The van der Waals surface area contributed by atoms with Crippen molar-refractivity contribution in [3.63, 3.8) is 0 Å². The number of hydrogen-bond donors (Lipinski definition) is 0. The van der Waals surface area contributed by atoms with Gasteiger partial charge in [0.15, 0.2) is 11.5 Å². The van der Waals surface area contributed by atoms with Crippen LogP contribution in [-0.4, -0.2) is 41.8 Å². The molecule has 4 atom stereocenters. The second-order valence-electron chi connectivity index (χ2n) is 11.0. The van der Waals surface area contributed by atoms with Gasteiger partial charge in [0.05, 0.1) is 17.6 Å². The normalized spacial score (nSPS) is 33.2. The molecule has 2 aliphatic heterocycles. The summed E-state index contributed by atoms with van der Waals surface area (Å²) in [6.45, 7) is 8.60. The van der Waals surface area contributed by atoms with Crippen LogP contribution in [0, 0.1) is 6.92 Å². The van der Waals surface area contributed by atoms with Crippen molar-refractivity contribution in [3.8, 4) is 11.5 Å². The number of likely N-dealkylation sites (tertiary alicyclic amines) is 1. The van der Waals surface area contributed by atoms with E-state index in [1.54, 1.807) is 0 Å². The molecule has 2 aromatic rings. The van der Waals surface area contributed by atoms with Gasteiger partial charge >= 0.3 is 0 Å². The molecule has 5 aliphatic rings. The topological polar surface area (TPSA) is 30.9 Å². The Morgan fingerprint density at radius 3 is 2.82 bits per heavy atom. The Balaban J connectivity index is 1.37. The first-order valence-corrected chi connectivity index (χ1v) is 13.2. The predicted molar refractivity (Wildman–Crippen MR) is 133 cm³/mol. The first-order chi connectivity index (χ1) is 16.7. The van der Waals surface area contributed by atoms with Gasteiger partial charge in [-0.3, -0.25) is 4.90 Å². The molecule has 7 rings (SSSR count). The first kappa shape index (κ1) is 21.0. The van der Waals surface area contributed by atoms with E-state index in [0.29, 0.717) is 19.3 Å². The van der Waals surface area contributed by atoms with Crippen LogP contribution in [0.25, 0.3) is 0 Å². The number of nitrogens with zero attached hydrogens (tertiary/aromatic N) is 1. The van der Waals surface area contributed by atoms with Gasteiger partial charge in [0.25, 0.3) is 0 Å². The van der Waals surface area contributed by atoms with Crippen LogP contribution in [0.4, 0.5) is 0 Å². The highest BCUT2D eigenvalue weighted by molar-refractivity contribution is 5.65. The summed E-state index contributed by atoms with van der Waals surface area (Å²) in [5, 5.41) is 0. The van der Waals surface area contributed by atoms with Crippen molar-refractivity contribution in [2.75, 3.05) is 13.2 Å². The quantitative estimate of drug-likeness (QED) is 0.515. The van der Waals surface area contributed by atoms with Crippen LogP contribution < -0.4 is 9.47 Å². The van der Waals surface area contributed by atoms with Gasteiger partial charge in [-0.25, -0.2) is 0 Å². The lowest BCUT2D eigenvalue weighted by atomic mass is 9.48. The molecule has 4 heteroatoms. The molecule has 1 saturated heterocycles. The van der Waals surface area contributed by atoms with E-state index in [4.69, 9.17) is 14.2 Å². The number of ether oxygens (including phenoxy) is 3. The Morgan fingerprint density at radius 2 is 2.03 bits per heavy atom. The molecule has 34 heavy (non-hydrogen) atoms. The second-order valence-corrected chi connectivity index (χ2v) is 11.0. The SMILES string of the molecule is C=CCOC12CCC[C@@H]3Oc4c(OCc5ccccc5)cc(C)c5c4[C@@]31CCN(C1CC1)[C@@H]2C5. The van der Waals surface area contributed by atoms with E-state index in [0.717, 1.165) is 56.2 Å². The number of benzene rings is 2. The Morgan fingerprint density at radius 1 is 1.18 bits per heavy atom. The maximum Gasteiger partial charge on any atom is 0.165 e. The van der Waals surface area contributed by atoms with Crippen molar-refractivity contribution in [3.05, 3.63) is 71.3 Å². The average Bonchev–Trinajstić information content (AvgIpc) is 3.64. The highest BCUT2D eigenvalue weighted by atomic mass is 16.5. The maximum absolute atomic E-state index is 6.98. The fourth-order valence-corrected chi connectivity index (χ4v) is 7.98. The van der Waals surface area contributed by atoms with E-state index >= 15 is 0 Å². The molecular weight excluding hydrogens is 422 g/mol. The van der Waals surface area contributed by atoms with Crippen LogP contribution >= 0.6 is 0 Å². The summed E-state index contributed by atoms with van der Waals surface area (Å²) in [6.07, 6.45) is 10.3. The Hall–Kier alpha value is -2.30. The highest BCUT2D eigenvalue weighted by Gasteiger charge is 2.73. The van der Waals surface area contributed by atoms with E-state index in [2.05, 4.69) is 48.7 Å². The van der Waals surface area contributed by atoms with Crippen molar-refractivity contribution in [2.45, 2.75) is 87.7 Å². The lowest BCUT2D eigenvalue weighted by Gasteiger charge is -2.65. The number of piperidine rings is 1. The minimum Gasteiger partial charge on any atom is -0.485 e. The van der Waals surface area contributed by atoms with Gasteiger partial charge in [-0.1, -0.05) is 36.4 Å². The third-order valence-corrected chi connectivity index (χ3v) is 9.41. The summed E-state index contributed by atoms with van der Waals surface area (Å²) in [7, 11) is 0. The van der Waals surface area contributed by atoms with Crippen molar-refractivity contribution in [1.29, 1.82) is 0 Å².